The SMILES string of the molecule is CCCNc1nc(C2CCCCC2)nc(CCC)c1I. The Morgan fingerprint density at radius 3 is 2.50 bits per heavy atom. The van der Waals surface area contributed by atoms with Crippen molar-refractivity contribution in [3.8, 4) is 0 Å². The van der Waals surface area contributed by atoms with Crippen LogP contribution < -0.4 is 5.32 Å². The summed E-state index contributed by atoms with van der Waals surface area (Å²) in [5, 5.41) is 3.48. The lowest BCUT2D eigenvalue weighted by Gasteiger charge is -2.22. The monoisotopic (exact) mass is 387 g/mol. The van der Waals surface area contributed by atoms with Gasteiger partial charge in [-0.15, -0.1) is 0 Å². The highest BCUT2D eigenvalue weighted by Crippen LogP contribution is 2.32. The number of anilines is 1. The van der Waals surface area contributed by atoms with Crippen LogP contribution in [-0.2, 0) is 6.42 Å². The van der Waals surface area contributed by atoms with Crippen LogP contribution in [0, 0.1) is 3.57 Å². The van der Waals surface area contributed by atoms with E-state index < -0.39 is 0 Å². The van der Waals surface area contributed by atoms with Crippen LogP contribution in [0.25, 0.3) is 0 Å². The first-order valence-electron chi connectivity index (χ1n) is 8.06. The third kappa shape index (κ3) is 4.06. The van der Waals surface area contributed by atoms with Gasteiger partial charge >= 0.3 is 0 Å². The predicted octanol–water partition coefficient (Wildman–Crippen LogP) is 4.90. The van der Waals surface area contributed by atoms with E-state index in [1.807, 2.05) is 0 Å². The number of rotatable bonds is 6. The number of hydrogen-bond donors (Lipinski definition) is 1. The van der Waals surface area contributed by atoms with Crippen LogP contribution >= 0.6 is 22.6 Å². The van der Waals surface area contributed by atoms with Crippen molar-refractivity contribution >= 4 is 28.4 Å². The topological polar surface area (TPSA) is 37.8 Å². The van der Waals surface area contributed by atoms with Gasteiger partial charge in [0.1, 0.15) is 11.6 Å². The lowest BCUT2D eigenvalue weighted by molar-refractivity contribution is 0.427. The largest absolute Gasteiger partial charge is 0.369 e. The summed E-state index contributed by atoms with van der Waals surface area (Å²) < 4.78 is 1.22. The van der Waals surface area contributed by atoms with Crippen molar-refractivity contribution in [1.29, 1.82) is 0 Å². The second-order valence-electron chi connectivity index (χ2n) is 5.70. The molecule has 1 aliphatic carbocycles. The number of aromatic nitrogens is 2. The zero-order chi connectivity index (χ0) is 14.4. The van der Waals surface area contributed by atoms with Gasteiger partial charge in [-0.1, -0.05) is 39.5 Å². The first-order chi connectivity index (χ1) is 9.76. The van der Waals surface area contributed by atoms with Crippen molar-refractivity contribution in [3.63, 3.8) is 0 Å². The number of hydrogen-bond acceptors (Lipinski definition) is 3. The average molecular weight is 387 g/mol. The summed E-state index contributed by atoms with van der Waals surface area (Å²) in [5.41, 5.74) is 1.24. The van der Waals surface area contributed by atoms with E-state index in [1.54, 1.807) is 0 Å². The van der Waals surface area contributed by atoms with Crippen LogP contribution in [0.1, 0.15) is 76.2 Å². The number of aryl methyl sites for hydroxylation is 1. The van der Waals surface area contributed by atoms with Crippen LogP contribution in [0.5, 0.6) is 0 Å². The second kappa shape index (κ2) is 8.15. The Morgan fingerprint density at radius 2 is 1.85 bits per heavy atom. The summed E-state index contributed by atoms with van der Waals surface area (Å²) in [7, 11) is 0. The van der Waals surface area contributed by atoms with E-state index in [0.717, 1.165) is 37.4 Å². The summed E-state index contributed by atoms with van der Waals surface area (Å²) in [4.78, 5) is 9.74. The molecule has 0 bridgehead atoms. The van der Waals surface area contributed by atoms with Crippen molar-refractivity contribution in [3.05, 3.63) is 15.1 Å². The van der Waals surface area contributed by atoms with Crippen LogP contribution in [0.2, 0.25) is 0 Å². The molecule has 0 unspecified atom stereocenters. The molecular weight excluding hydrogens is 361 g/mol. The van der Waals surface area contributed by atoms with Crippen molar-refractivity contribution < 1.29 is 0 Å². The van der Waals surface area contributed by atoms with Crippen molar-refractivity contribution in [2.24, 2.45) is 0 Å². The van der Waals surface area contributed by atoms with Crippen molar-refractivity contribution in [1.82, 2.24) is 9.97 Å². The van der Waals surface area contributed by atoms with E-state index in [1.165, 1.54) is 41.4 Å². The summed E-state index contributed by atoms with van der Waals surface area (Å²) in [6, 6.07) is 0. The zero-order valence-corrected chi connectivity index (χ0v) is 14.9. The van der Waals surface area contributed by atoms with Gasteiger partial charge in [0.2, 0.25) is 0 Å². The van der Waals surface area contributed by atoms with E-state index in [2.05, 4.69) is 41.8 Å². The summed E-state index contributed by atoms with van der Waals surface area (Å²) in [5.74, 6) is 2.73. The molecule has 1 aromatic heterocycles. The van der Waals surface area contributed by atoms with Gasteiger partial charge < -0.3 is 5.32 Å². The maximum atomic E-state index is 4.90. The van der Waals surface area contributed by atoms with Crippen LogP contribution in [-0.4, -0.2) is 16.5 Å². The highest BCUT2D eigenvalue weighted by molar-refractivity contribution is 14.1. The van der Waals surface area contributed by atoms with Crippen LogP contribution in [0.4, 0.5) is 5.82 Å². The molecule has 4 heteroatoms. The van der Waals surface area contributed by atoms with Gasteiger partial charge in [0.15, 0.2) is 0 Å². The van der Waals surface area contributed by atoms with Gasteiger partial charge in [0.05, 0.1) is 9.26 Å². The summed E-state index contributed by atoms with van der Waals surface area (Å²) >= 11 is 2.40. The molecule has 2 rings (SSSR count). The van der Waals surface area contributed by atoms with Crippen LogP contribution in [0.3, 0.4) is 0 Å². The van der Waals surface area contributed by atoms with E-state index in [4.69, 9.17) is 9.97 Å². The molecular formula is C16H26IN3. The third-order valence-corrected chi connectivity index (χ3v) is 5.07. The Morgan fingerprint density at radius 1 is 1.10 bits per heavy atom. The van der Waals surface area contributed by atoms with Crippen LogP contribution in [0.15, 0.2) is 0 Å². The minimum absolute atomic E-state index is 0.582. The van der Waals surface area contributed by atoms with Gasteiger partial charge in [-0.05, 0) is 48.3 Å². The molecule has 1 fully saturated rings. The Hall–Kier alpha value is -0.390. The van der Waals surface area contributed by atoms with E-state index in [-0.39, 0.29) is 0 Å². The molecule has 0 spiro atoms. The van der Waals surface area contributed by atoms with Gasteiger partial charge in [-0.3, -0.25) is 0 Å². The first kappa shape index (κ1) is 16.0. The van der Waals surface area contributed by atoms with Gasteiger partial charge in [0.25, 0.3) is 0 Å². The number of nitrogens with zero attached hydrogens (tertiary/aromatic N) is 2. The Kier molecular flexibility index (Phi) is 6.52. The fourth-order valence-corrected chi connectivity index (χ4v) is 3.52. The molecule has 0 aliphatic heterocycles. The highest BCUT2D eigenvalue weighted by atomic mass is 127. The second-order valence-corrected chi connectivity index (χ2v) is 6.78. The summed E-state index contributed by atoms with van der Waals surface area (Å²) in [6.45, 7) is 5.40. The fourth-order valence-electron chi connectivity index (χ4n) is 2.82. The number of halogens is 1. The fraction of sp³-hybridized carbons (Fsp3) is 0.750. The minimum atomic E-state index is 0.582. The molecule has 0 atom stereocenters. The smallest absolute Gasteiger partial charge is 0.143 e. The first-order valence-corrected chi connectivity index (χ1v) is 9.14. The van der Waals surface area contributed by atoms with Gasteiger partial charge in [-0.25, -0.2) is 9.97 Å². The average Bonchev–Trinajstić information content (AvgIpc) is 2.49. The number of nitrogens with one attached hydrogen (secondary N) is 1. The molecule has 0 aromatic carbocycles. The molecule has 0 saturated heterocycles. The molecule has 20 heavy (non-hydrogen) atoms. The quantitative estimate of drug-likeness (QED) is 0.706. The maximum Gasteiger partial charge on any atom is 0.143 e. The predicted molar refractivity (Wildman–Crippen MR) is 93.4 cm³/mol. The molecule has 112 valence electrons. The molecule has 1 aromatic rings. The van der Waals surface area contributed by atoms with Crippen molar-refractivity contribution in [2.75, 3.05) is 11.9 Å². The molecule has 1 saturated carbocycles. The molecule has 0 radical (unpaired) electrons. The maximum absolute atomic E-state index is 4.90. The van der Waals surface area contributed by atoms with Gasteiger partial charge in [-0.2, -0.15) is 0 Å². The zero-order valence-electron chi connectivity index (χ0n) is 12.7. The summed E-state index contributed by atoms with van der Waals surface area (Å²) in [6.07, 6.45) is 9.90. The standard InChI is InChI=1S/C16H26IN3/c1-3-8-13-14(17)16(18-11-4-2)20-15(19-13)12-9-6-5-7-10-12/h12H,3-11H2,1-2H3,(H,18,19,20). The molecule has 1 heterocycles. The lowest BCUT2D eigenvalue weighted by atomic mass is 9.88. The minimum Gasteiger partial charge on any atom is -0.369 e. The lowest BCUT2D eigenvalue weighted by Crippen LogP contribution is -2.15. The highest BCUT2D eigenvalue weighted by Gasteiger charge is 2.21. The molecule has 3 nitrogen and oxygen atoms in total. The van der Waals surface area contributed by atoms with Gasteiger partial charge in [0, 0.05) is 12.5 Å². The molecule has 1 aliphatic rings. The molecule has 0 amide bonds. The Balaban J connectivity index is 2.27. The van der Waals surface area contributed by atoms with E-state index in [9.17, 15) is 0 Å². The van der Waals surface area contributed by atoms with E-state index >= 15 is 0 Å². The van der Waals surface area contributed by atoms with E-state index in [0.29, 0.717) is 5.92 Å². The van der Waals surface area contributed by atoms with Crippen molar-refractivity contribution in [2.45, 2.75) is 71.1 Å². The molecule has 1 N–H and O–H groups in total. The normalized spacial score (nSPS) is 16.4. The third-order valence-electron chi connectivity index (χ3n) is 3.94. The Bertz CT molecular complexity index is 428. The Labute approximate surface area is 136 Å².